The van der Waals surface area contributed by atoms with Crippen molar-refractivity contribution in [2.75, 3.05) is 59.5 Å². The lowest BCUT2D eigenvalue weighted by Crippen LogP contribution is -2.47. The number of halogens is 1. The minimum atomic E-state index is -0.0454. The van der Waals surface area contributed by atoms with Crippen molar-refractivity contribution in [3.05, 3.63) is 35.9 Å². The van der Waals surface area contributed by atoms with Crippen molar-refractivity contribution in [2.45, 2.75) is 12.5 Å². The topological polar surface area (TPSA) is 69.2 Å². The fourth-order valence-electron chi connectivity index (χ4n) is 3.55. The molecule has 0 aromatic heterocycles. The van der Waals surface area contributed by atoms with Gasteiger partial charge in [-0.05, 0) is 18.6 Å². The molecule has 0 radical (unpaired) electrons. The molecule has 1 atom stereocenters. The summed E-state index contributed by atoms with van der Waals surface area (Å²) in [6.07, 6.45) is 1.16. The molecule has 1 amide bonds. The minimum Gasteiger partial charge on any atom is -0.379 e. The van der Waals surface area contributed by atoms with Crippen molar-refractivity contribution in [1.82, 2.24) is 20.4 Å². The fourth-order valence-corrected chi connectivity index (χ4v) is 3.55. The van der Waals surface area contributed by atoms with Crippen molar-refractivity contribution in [3.8, 4) is 0 Å². The summed E-state index contributed by atoms with van der Waals surface area (Å²) in [7, 11) is 1.81. The van der Waals surface area contributed by atoms with E-state index in [2.05, 4.69) is 25.4 Å². The Morgan fingerprint density at radius 3 is 2.56 bits per heavy atom. The van der Waals surface area contributed by atoms with Crippen LogP contribution in [0.5, 0.6) is 0 Å². The maximum Gasteiger partial charge on any atom is 0.251 e. The van der Waals surface area contributed by atoms with E-state index < -0.39 is 0 Å². The first kappa shape index (κ1) is 21.9. The van der Waals surface area contributed by atoms with E-state index in [0.29, 0.717) is 24.7 Å². The Balaban J connectivity index is 0.00000261. The van der Waals surface area contributed by atoms with E-state index in [1.807, 2.05) is 37.4 Å². The highest BCUT2D eigenvalue weighted by atomic mass is 127. The summed E-state index contributed by atoms with van der Waals surface area (Å²) in [6, 6.07) is 9.86. The number of likely N-dealkylation sites (tertiary alicyclic amines) is 1. The molecular formula is C19H30IN5O2. The number of aliphatic imine (C=N–C) groups is 1. The molecule has 1 aromatic rings. The van der Waals surface area contributed by atoms with E-state index in [-0.39, 0.29) is 29.9 Å². The number of hydrogen-bond donors (Lipinski definition) is 2. The predicted octanol–water partition coefficient (Wildman–Crippen LogP) is 1.02. The number of rotatable bonds is 5. The molecule has 2 saturated heterocycles. The highest BCUT2D eigenvalue weighted by molar-refractivity contribution is 14.0. The molecule has 7 nitrogen and oxygen atoms in total. The van der Waals surface area contributed by atoms with Crippen LogP contribution in [-0.4, -0.2) is 87.2 Å². The summed E-state index contributed by atoms with van der Waals surface area (Å²) in [5.41, 5.74) is 0.685. The van der Waals surface area contributed by atoms with Crippen LogP contribution in [0.3, 0.4) is 0 Å². The zero-order valence-corrected chi connectivity index (χ0v) is 18.2. The second-order valence-electron chi connectivity index (χ2n) is 6.63. The van der Waals surface area contributed by atoms with E-state index >= 15 is 0 Å². The molecule has 2 fully saturated rings. The van der Waals surface area contributed by atoms with Gasteiger partial charge in [-0.1, -0.05) is 18.2 Å². The number of carbonyl (C=O) groups excluding carboxylic acids is 1. The third-order valence-corrected chi connectivity index (χ3v) is 4.97. The number of carbonyl (C=O) groups is 1. The van der Waals surface area contributed by atoms with Gasteiger partial charge in [0.25, 0.3) is 5.91 Å². The highest BCUT2D eigenvalue weighted by Crippen LogP contribution is 2.16. The van der Waals surface area contributed by atoms with E-state index in [0.717, 1.165) is 51.8 Å². The molecule has 0 aliphatic carbocycles. The standard InChI is InChI=1S/C19H29N5O2.HI/c1-20-19(22-9-8-21-18(25)16-5-3-2-4-6-16)24-10-7-17(15-24)23-11-13-26-14-12-23;/h2-6,17H,7-15H2,1H3,(H,20,22)(H,21,25);1H. The molecule has 27 heavy (non-hydrogen) atoms. The van der Waals surface area contributed by atoms with Gasteiger partial charge in [0.2, 0.25) is 0 Å². The molecule has 2 heterocycles. The Bertz CT molecular complexity index is 607. The van der Waals surface area contributed by atoms with E-state index in [4.69, 9.17) is 4.74 Å². The monoisotopic (exact) mass is 487 g/mol. The van der Waals surface area contributed by atoms with Gasteiger partial charge in [-0.2, -0.15) is 0 Å². The minimum absolute atomic E-state index is 0. The van der Waals surface area contributed by atoms with Crippen LogP contribution in [0.25, 0.3) is 0 Å². The molecule has 1 unspecified atom stereocenters. The first-order valence-electron chi connectivity index (χ1n) is 9.38. The molecule has 1 aromatic carbocycles. The molecule has 0 bridgehead atoms. The number of nitrogens with zero attached hydrogens (tertiary/aromatic N) is 3. The first-order valence-corrected chi connectivity index (χ1v) is 9.38. The first-order chi connectivity index (χ1) is 12.8. The number of hydrogen-bond acceptors (Lipinski definition) is 4. The summed E-state index contributed by atoms with van der Waals surface area (Å²) in [6.45, 7) is 6.95. The number of ether oxygens (including phenoxy) is 1. The van der Waals surface area contributed by atoms with Gasteiger partial charge in [-0.3, -0.25) is 14.7 Å². The summed E-state index contributed by atoms with van der Waals surface area (Å²) in [5, 5.41) is 6.29. The van der Waals surface area contributed by atoms with Crippen LogP contribution in [0.1, 0.15) is 16.8 Å². The van der Waals surface area contributed by atoms with Crippen LogP contribution in [0.2, 0.25) is 0 Å². The van der Waals surface area contributed by atoms with Crippen molar-refractivity contribution in [2.24, 2.45) is 4.99 Å². The Morgan fingerprint density at radius 2 is 1.85 bits per heavy atom. The van der Waals surface area contributed by atoms with Crippen molar-refractivity contribution >= 4 is 35.8 Å². The lowest BCUT2D eigenvalue weighted by Gasteiger charge is -2.32. The second-order valence-corrected chi connectivity index (χ2v) is 6.63. The Hall–Kier alpha value is -1.39. The number of morpholine rings is 1. The maximum atomic E-state index is 12.0. The molecular weight excluding hydrogens is 457 g/mol. The van der Waals surface area contributed by atoms with Crippen molar-refractivity contribution < 1.29 is 9.53 Å². The average molecular weight is 487 g/mol. The molecule has 0 saturated carbocycles. The summed E-state index contributed by atoms with van der Waals surface area (Å²) in [4.78, 5) is 21.3. The lowest BCUT2D eigenvalue weighted by molar-refractivity contribution is 0.0195. The summed E-state index contributed by atoms with van der Waals surface area (Å²) < 4.78 is 5.45. The van der Waals surface area contributed by atoms with Gasteiger partial charge in [-0.25, -0.2) is 0 Å². The van der Waals surface area contributed by atoms with E-state index in [9.17, 15) is 4.79 Å². The average Bonchev–Trinajstić information content (AvgIpc) is 3.19. The Morgan fingerprint density at radius 1 is 1.15 bits per heavy atom. The molecule has 8 heteroatoms. The molecule has 150 valence electrons. The second kappa shape index (κ2) is 11.5. The zero-order valence-electron chi connectivity index (χ0n) is 15.9. The number of benzene rings is 1. The van der Waals surface area contributed by atoms with Crippen LogP contribution >= 0.6 is 24.0 Å². The molecule has 3 rings (SSSR count). The van der Waals surface area contributed by atoms with Gasteiger partial charge in [0.15, 0.2) is 5.96 Å². The Kier molecular flexibility index (Phi) is 9.29. The normalized spacial score (nSPS) is 20.9. The molecule has 2 N–H and O–H groups in total. The van der Waals surface area contributed by atoms with Crippen LogP contribution in [-0.2, 0) is 4.74 Å². The van der Waals surface area contributed by atoms with Crippen LogP contribution in [0.15, 0.2) is 35.3 Å². The van der Waals surface area contributed by atoms with E-state index in [1.54, 1.807) is 0 Å². The lowest BCUT2D eigenvalue weighted by atomic mass is 10.2. The number of guanidine groups is 1. The Labute approximate surface area is 178 Å². The summed E-state index contributed by atoms with van der Waals surface area (Å²) >= 11 is 0. The zero-order chi connectivity index (χ0) is 18.2. The maximum absolute atomic E-state index is 12.0. The van der Waals surface area contributed by atoms with Gasteiger partial charge in [0.1, 0.15) is 0 Å². The third-order valence-electron chi connectivity index (χ3n) is 4.97. The smallest absolute Gasteiger partial charge is 0.251 e. The third kappa shape index (κ3) is 6.32. The van der Waals surface area contributed by atoms with Crippen LogP contribution < -0.4 is 10.6 Å². The number of amides is 1. The van der Waals surface area contributed by atoms with Crippen LogP contribution in [0, 0.1) is 0 Å². The molecule has 2 aliphatic rings. The van der Waals surface area contributed by atoms with Crippen LogP contribution in [0.4, 0.5) is 0 Å². The quantitative estimate of drug-likeness (QED) is 0.281. The van der Waals surface area contributed by atoms with Gasteiger partial charge in [0, 0.05) is 57.9 Å². The van der Waals surface area contributed by atoms with Gasteiger partial charge in [-0.15, -0.1) is 24.0 Å². The van der Waals surface area contributed by atoms with Crippen molar-refractivity contribution in [3.63, 3.8) is 0 Å². The van der Waals surface area contributed by atoms with Gasteiger partial charge in [0.05, 0.1) is 13.2 Å². The number of nitrogens with one attached hydrogen (secondary N) is 2. The van der Waals surface area contributed by atoms with Crippen molar-refractivity contribution in [1.29, 1.82) is 0 Å². The molecule has 0 spiro atoms. The van der Waals surface area contributed by atoms with E-state index in [1.165, 1.54) is 0 Å². The van der Waals surface area contributed by atoms with Gasteiger partial charge >= 0.3 is 0 Å². The largest absolute Gasteiger partial charge is 0.379 e. The highest BCUT2D eigenvalue weighted by Gasteiger charge is 2.30. The van der Waals surface area contributed by atoms with Gasteiger partial charge < -0.3 is 20.3 Å². The molecule has 2 aliphatic heterocycles. The fraction of sp³-hybridized carbons (Fsp3) is 0.579. The SMILES string of the molecule is CN=C(NCCNC(=O)c1ccccc1)N1CCC(N2CCOCC2)C1.I. The predicted molar refractivity (Wildman–Crippen MR) is 118 cm³/mol. The summed E-state index contributed by atoms with van der Waals surface area (Å²) in [5.74, 6) is 0.866.